The number of nitrogens with one attached hydrogen (secondary N) is 2. The second-order valence-corrected chi connectivity index (χ2v) is 6.11. The maximum absolute atomic E-state index is 11.9. The van der Waals surface area contributed by atoms with Crippen LogP contribution in [0.5, 0.6) is 0 Å². The van der Waals surface area contributed by atoms with Crippen LogP contribution >= 0.6 is 11.8 Å². The van der Waals surface area contributed by atoms with Gasteiger partial charge in [0.1, 0.15) is 0 Å². The lowest BCUT2D eigenvalue weighted by Crippen LogP contribution is -2.45. The molecule has 1 aliphatic heterocycles. The van der Waals surface area contributed by atoms with Gasteiger partial charge in [0.2, 0.25) is 5.91 Å². The van der Waals surface area contributed by atoms with Gasteiger partial charge in [0.05, 0.1) is 5.75 Å². The molecule has 0 aliphatic carbocycles. The molecule has 1 aliphatic rings. The molecule has 1 saturated heterocycles. The molecular formula is C15H22N2OS. The van der Waals surface area contributed by atoms with Crippen LogP contribution in [-0.2, 0) is 4.79 Å². The first-order valence-electron chi connectivity index (χ1n) is 6.93. The molecule has 2 atom stereocenters. The Kier molecular flexibility index (Phi) is 5.73. The molecule has 0 saturated carbocycles. The second-order valence-electron chi connectivity index (χ2n) is 5.06. The number of hydrogen-bond donors (Lipinski definition) is 2. The fourth-order valence-electron chi connectivity index (χ4n) is 2.38. The lowest BCUT2D eigenvalue weighted by molar-refractivity contribution is -0.119. The molecule has 3 nitrogen and oxygen atoms in total. The predicted octanol–water partition coefficient (Wildman–Crippen LogP) is 2.28. The molecule has 0 spiro atoms. The third kappa shape index (κ3) is 4.88. The lowest BCUT2D eigenvalue weighted by atomic mass is 9.93. The first kappa shape index (κ1) is 14.4. The molecular weight excluding hydrogens is 256 g/mol. The van der Waals surface area contributed by atoms with Crippen LogP contribution in [-0.4, -0.2) is 30.8 Å². The Morgan fingerprint density at radius 2 is 2.26 bits per heavy atom. The van der Waals surface area contributed by atoms with E-state index in [1.165, 1.54) is 12.8 Å². The lowest BCUT2D eigenvalue weighted by Gasteiger charge is -2.28. The summed E-state index contributed by atoms with van der Waals surface area (Å²) in [5.74, 6) is 1.19. The van der Waals surface area contributed by atoms with E-state index in [1.807, 2.05) is 30.3 Å². The fourth-order valence-corrected chi connectivity index (χ4v) is 3.12. The number of rotatable bonds is 5. The highest BCUT2D eigenvalue weighted by molar-refractivity contribution is 8.00. The number of piperidine rings is 1. The maximum Gasteiger partial charge on any atom is 0.230 e. The quantitative estimate of drug-likeness (QED) is 0.812. The van der Waals surface area contributed by atoms with Gasteiger partial charge in [-0.1, -0.05) is 18.2 Å². The van der Waals surface area contributed by atoms with Crippen molar-refractivity contribution in [1.29, 1.82) is 0 Å². The van der Waals surface area contributed by atoms with Crippen LogP contribution in [0.4, 0.5) is 0 Å². The highest BCUT2D eigenvalue weighted by atomic mass is 32.2. The minimum absolute atomic E-state index is 0.131. The SMILES string of the molecule is CC(NC(=O)CSc1ccccc1)C1CCCNC1. The van der Waals surface area contributed by atoms with Crippen molar-refractivity contribution in [3.63, 3.8) is 0 Å². The molecule has 0 aromatic heterocycles. The molecule has 1 aromatic carbocycles. The highest BCUT2D eigenvalue weighted by Crippen LogP contribution is 2.17. The van der Waals surface area contributed by atoms with Crippen LogP contribution in [0.25, 0.3) is 0 Å². The van der Waals surface area contributed by atoms with Gasteiger partial charge in [-0.25, -0.2) is 0 Å². The van der Waals surface area contributed by atoms with Crippen molar-refractivity contribution in [1.82, 2.24) is 10.6 Å². The number of carbonyl (C=O) groups is 1. The largest absolute Gasteiger partial charge is 0.353 e. The van der Waals surface area contributed by atoms with Crippen molar-refractivity contribution in [3.8, 4) is 0 Å². The Morgan fingerprint density at radius 1 is 1.47 bits per heavy atom. The molecule has 2 N–H and O–H groups in total. The second kappa shape index (κ2) is 7.56. The Morgan fingerprint density at radius 3 is 2.95 bits per heavy atom. The Hall–Kier alpha value is -1.00. The molecule has 0 bridgehead atoms. The van der Waals surface area contributed by atoms with E-state index in [2.05, 4.69) is 17.6 Å². The first-order valence-corrected chi connectivity index (χ1v) is 7.92. The predicted molar refractivity (Wildman–Crippen MR) is 80.4 cm³/mol. The zero-order valence-electron chi connectivity index (χ0n) is 11.4. The van der Waals surface area contributed by atoms with Gasteiger partial charge in [-0.2, -0.15) is 0 Å². The number of amides is 1. The smallest absolute Gasteiger partial charge is 0.230 e. The van der Waals surface area contributed by atoms with Gasteiger partial charge < -0.3 is 10.6 Å². The number of carbonyl (C=O) groups excluding carboxylic acids is 1. The monoisotopic (exact) mass is 278 g/mol. The third-order valence-electron chi connectivity index (χ3n) is 3.54. The standard InChI is InChI=1S/C15H22N2OS/c1-12(13-6-5-9-16-10-13)17-15(18)11-19-14-7-3-2-4-8-14/h2-4,7-8,12-13,16H,5-6,9-11H2,1H3,(H,17,18). The first-order chi connectivity index (χ1) is 9.25. The summed E-state index contributed by atoms with van der Waals surface area (Å²) < 4.78 is 0. The van der Waals surface area contributed by atoms with Crippen LogP contribution in [0.1, 0.15) is 19.8 Å². The highest BCUT2D eigenvalue weighted by Gasteiger charge is 2.21. The van der Waals surface area contributed by atoms with E-state index in [9.17, 15) is 4.79 Å². The molecule has 2 unspecified atom stereocenters. The zero-order valence-corrected chi connectivity index (χ0v) is 12.2. The van der Waals surface area contributed by atoms with Crippen molar-refractivity contribution in [3.05, 3.63) is 30.3 Å². The van der Waals surface area contributed by atoms with Crippen LogP contribution in [0, 0.1) is 5.92 Å². The van der Waals surface area contributed by atoms with Gasteiger partial charge in [0, 0.05) is 10.9 Å². The summed E-state index contributed by atoms with van der Waals surface area (Å²) in [5, 5.41) is 6.51. The van der Waals surface area contributed by atoms with Crippen molar-refractivity contribution >= 4 is 17.7 Å². The van der Waals surface area contributed by atoms with Crippen molar-refractivity contribution in [2.24, 2.45) is 5.92 Å². The van der Waals surface area contributed by atoms with Crippen LogP contribution in [0.15, 0.2) is 35.2 Å². The normalized spacial score (nSPS) is 20.8. The summed E-state index contributed by atoms with van der Waals surface area (Å²) in [6.07, 6.45) is 2.42. The number of hydrogen-bond acceptors (Lipinski definition) is 3. The molecule has 104 valence electrons. The fraction of sp³-hybridized carbons (Fsp3) is 0.533. The molecule has 1 fully saturated rings. The Labute approximate surface area is 119 Å². The summed E-state index contributed by atoms with van der Waals surface area (Å²) in [5.41, 5.74) is 0. The van der Waals surface area contributed by atoms with Gasteiger partial charge in [0.15, 0.2) is 0 Å². The molecule has 1 amide bonds. The van der Waals surface area contributed by atoms with Gasteiger partial charge in [0.25, 0.3) is 0 Å². The number of thioether (sulfide) groups is 1. The molecule has 2 rings (SSSR count). The van der Waals surface area contributed by atoms with E-state index in [-0.39, 0.29) is 11.9 Å². The van der Waals surface area contributed by atoms with E-state index in [4.69, 9.17) is 0 Å². The molecule has 0 radical (unpaired) electrons. The van der Waals surface area contributed by atoms with Gasteiger partial charge in [-0.05, 0) is 50.9 Å². The summed E-state index contributed by atoms with van der Waals surface area (Å²) >= 11 is 1.59. The molecule has 1 heterocycles. The van der Waals surface area contributed by atoms with Gasteiger partial charge in [-0.3, -0.25) is 4.79 Å². The van der Waals surface area contributed by atoms with E-state index >= 15 is 0 Å². The van der Waals surface area contributed by atoms with E-state index in [0.29, 0.717) is 11.7 Å². The van der Waals surface area contributed by atoms with Crippen molar-refractivity contribution < 1.29 is 4.79 Å². The zero-order chi connectivity index (χ0) is 13.5. The third-order valence-corrected chi connectivity index (χ3v) is 4.56. The molecule has 4 heteroatoms. The van der Waals surface area contributed by atoms with Crippen LogP contribution < -0.4 is 10.6 Å². The average Bonchev–Trinajstić information content (AvgIpc) is 2.47. The van der Waals surface area contributed by atoms with Gasteiger partial charge >= 0.3 is 0 Å². The Balaban J connectivity index is 1.71. The van der Waals surface area contributed by atoms with Crippen molar-refractivity contribution in [2.75, 3.05) is 18.8 Å². The molecule has 19 heavy (non-hydrogen) atoms. The minimum atomic E-state index is 0.131. The summed E-state index contributed by atoms with van der Waals surface area (Å²) in [7, 11) is 0. The minimum Gasteiger partial charge on any atom is -0.353 e. The summed E-state index contributed by atoms with van der Waals surface area (Å²) in [6, 6.07) is 10.3. The van der Waals surface area contributed by atoms with E-state index < -0.39 is 0 Å². The van der Waals surface area contributed by atoms with E-state index in [1.54, 1.807) is 11.8 Å². The van der Waals surface area contributed by atoms with Crippen LogP contribution in [0.3, 0.4) is 0 Å². The van der Waals surface area contributed by atoms with Crippen molar-refractivity contribution in [2.45, 2.75) is 30.7 Å². The Bertz CT molecular complexity index is 390. The summed E-state index contributed by atoms with van der Waals surface area (Å²) in [4.78, 5) is 13.1. The van der Waals surface area contributed by atoms with E-state index in [0.717, 1.165) is 18.0 Å². The molecule has 1 aromatic rings. The topological polar surface area (TPSA) is 41.1 Å². The van der Waals surface area contributed by atoms with Gasteiger partial charge in [-0.15, -0.1) is 11.8 Å². The number of benzene rings is 1. The summed E-state index contributed by atoms with van der Waals surface area (Å²) in [6.45, 7) is 4.25. The van der Waals surface area contributed by atoms with Crippen LogP contribution in [0.2, 0.25) is 0 Å². The maximum atomic E-state index is 11.9. The average molecular weight is 278 g/mol.